The Kier molecular flexibility index (Phi) is 4.91. The van der Waals surface area contributed by atoms with Crippen molar-refractivity contribution in [2.24, 2.45) is 5.92 Å². The van der Waals surface area contributed by atoms with Gasteiger partial charge in [-0.25, -0.2) is 0 Å². The fraction of sp³-hybridized carbons (Fsp3) is 0.933. The van der Waals surface area contributed by atoms with Crippen LogP contribution in [0.3, 0.4) is 0 Å². The Morgan fingerprint density at radius 3 is 3.00 bits per heavy atom. The molecule has 2 aliphatic heterocycles. The number of nitrogens with zero attached hydrogens (tertiary/aromatic N) is 1. The number of rotatable bonds is 5. The van der Waals surface area contributed by atoms with Crippen molar-refractivity contribution in [3.05, 3.63) is 0 Å². The predicted molar refractivity (Wildman–Crippen MR) is 77.6 cm³/mol. The highest BCUT2D eigenvalue weighted by atomic mass is 16.5. The zero-order valence-corrected chi connectivity index (χ0v) is 12.3. The molecule has 1 aliphatic carbocycles. The number of morpholine rings is 1. The molecule has 2 heterocycles. The standard InChI is InChI=1S/C15H27N3O2/c19-15(17-13-3-4-13)14-11-20-9-8-18(14)7-5-12-2-1-6-16-10-12/h12-14,16H,1-11H2,(H,17,19). The second-order valence-electron chi connectivity index (χ2n) is 6.41. The molecule has 0 spiro atoms. The minimum atomic E-state index is -0.0686. The number of piperidine rings is 1. The monoisotopic (exact) mass is 281 g/mol. The molecule has 2 saturated heterocycles. The van der Waals surface area contributed by atoms with Crippen LogP contribution in [0.15, 0.2) is 0 Å². The molecule has 2 N–H and O–H groups in total. The Bertz CT molecular complexity index is 327. The Balaban J connectivity index is 1.47. The van der Waals surface area contributed by atoms with Gasteiger partial charge in [-0.15, -0.1) is 0 Å². The first-order valence-electron chi connectivity index (χ1n) is 8.16. The summed E-state index contributed by atoms with van der Waals surface area (Å²) in [5, 5.41) is 6.59. The summed E-state index contributed by atoms with van der Waals surface area (Å²) >= 11 is 0. The van der Waals surface area contributed by atoms with Gasteiger partial charge >= 0.3 is 0 Å². The molecule has 3 rings (SSSR count). The van der Waals surface area contributed by atoms with Crippen LogP contribution in [0.4, 0.5) is 0 Å². The second-order valence-corrected chi connectivity index (χ2v) is 6.41. The van der Waals surface area contributed by atoms with Gasteiger partial charge in [0.15, 0.2) is 0 Å². The van der Waals surface area contributed by atoms with Gasteiger partial charge in [0.1, 0.15) is 6.04 Å². The molecule has 20 heavy (non-hydrogen) atoms. The molecule has 2 atom stereocenters. The molecule has 0 bridgehead atoms. The van der Waals surface area contributed by atoms with Crippen molar-refractivity contribution in [2.75, 3.05) is 39.4 Å². The molecule has 114 valence electrons. The van der Waals surface area contributed by atoms with E-state index in [0.717, 1.165) is 45.0 Å². The van der Waals surface area contributed by atoms with Crippen molar-refractivity contribution in [3.8, 4) is 0 Å². The van der Waals surface area contributed by atoms with Gasteiger partial charge in [0.05, 0.1) is 13.2 Å². The summed E-state index contributed by atoms with van der Waals surface area (Å²) in [6.07, 6.45) is 6.11. The molecule has 1 saturated carbocycles. The smallest absolute Gasteiger partial charge is 0.239 e. The molecule has 0 radical (unpaired) electrons. The number of amides is 1. The first-order valence-corrected chi connectivity index (χ1v) is 8.16. The third-order valence-electron chi connectivity index (χ3n) is 4.69. The van der Waals surface area contributed by atoms with Gasteiger partial charge in [-0.3, -0.25) is 9.69 Å². The van der Waals surface area contributed by atoms with E-state index in [4.69, 9.17) is 4.74 Å². The Morgan fingerprint density at radius 1 is 1.35 bits per heavy atom. The summed E-state index contributed by atoms with van der Waals surface area (Å²) in [6, 6.07) is 0.370. The van der Waals surface area contributed by atoms with Crippen LogP contribution in [0.5, 0.6) is 0 Å². The highest BCUT2D eigenvalue weighted by Crippen LogP contribution is 2.20. The highest BCUT2D eigenvalue weighted by molar-refractivity contribution is 5.82. The average Bonchev–Trinajstić information content (AvgIpc) is 3.30. The van der Waals surface area contributed by atoms with Crippen LogP contribution in [-0.4, -0.2) is 62.3 Å². The maximum absolute atomic E-state index is 12.3. The number of carbonyl (C=O) groups excluding carboxylic acids is 1. The third-order valence-corrected chi connectivity index (χ3v) is 4.69. The second kappa shape index (κ2) is 6.87. The van der Waals surface area contributed by atoms with E-state index in [9.17, 15) is 4.79 Å². The summed E-state index contributed by atoms with van der Waals surface area (Å²) in [7, 11) is 0. The Hall–Kier alpha value is -0.650. The number of carbonyl (C=O) groups is 1. The minimum absolute atomic E-state index is 0.0686. The van der Waals surface area contributed by atoms with Crippen molar-refractivity contribution in [2.45, 2.75) is 44.2 Å². The van der Waals surface area contributed by atoms with Crippen molar-refractivity contribution in [3.63, 3.8) is 0 Å². The molecule has 0 aromatic rings. The van der Waals surface area contributed by atoms with Gasteiger partial charge in [0.25, 0.3) is 0 Å². The van der Waals surface area contributed by atoms with Crippen LogP contribution < -0.4 is 10.6 Å². The summed E-state index contributed by atoms with van der Waals surface area (Å²) in [5.41, 5.74) is 0. The number of hydrogen-bond donors (Lipinski definition) is 2. The lowest BCUT2D eigenvalue weighted by molar-refractivity contribution is -0.132. The molecule has 0 aromatic heterocycles. The lowest BCUT2D eigenvalue weighted by Crippen LogP contribution is -2.54. The minimum Gasteiger partial charge on any atom is -0.378 e. The third kappa shape index (κ3) is 3.93. The first kappa shape index (κ1) is 14.3. The molecule has 1 amide bonds. The summed E-state index contributed by atoms with van der Waals surface area (Å²) < 4.78 is 5.51. The molecule has 5 heteroatoms. The molecule has 0 aromatic carbocycles. The van der Waals surface area contributed by atoms with Crippen LogP contribution in [0.1, 0.15) is 32.1 Å². The molecular weight excluding hydrogens is 254 g/mol. The maximum Gasteiger partial charge on any atom is 0.239 e. The van der Waals surface area contributed by atoms with Crippen LogP contribution in [-0.2, 0) is 9.53 Å². The van der Waals surface area contributed by atoms with Crippen LogP contribution in [0, 0.1) is 5.92 Å². The highest BCUT2D eigenvalue weighted by Gasteiger charge is 2.33. The van der Waals surface area contributed by atoms with Gasteiger partial charge in [0.2, 0.25) is 5.91 Å². The van der Waals surface area contributed by atoms with E-state index in [0.29, 0.717) is 12.6 Å². The topological polar surface area (TPSA) is 53.6 Å². The Morgan fingerprint density at radius 2 is 2.25 bits per heavy atom. The zero-order chi connectivity index (χ0) is 13.8. The number of nitrogens with one attached hydrogen (secondary N) is 2. The van der Waals surface area contributed by atoms with Crippen molar-refractivity contribution >= 4 is 5.91 Å². The fourth-order valence-corrected chi connectivity index (χ4v) is 3.19. The summed E-state index contributed by atoms with van der Waals surface area (Å²) in [4.78, 5) is 14.6. The quantitative estimate of drug-likeness (QED) is 0.764. The molecule has 5 nitrogen and oxygen atoms in total. The zero-order valence-electron chi connectivity index (χ0n) is 12.3. The van der Waals surface area contributed by atoms with E-state index < -0.39 is 0 Å². The van der Waals surface area contributed by atoms with Crippen molar-refractivity contribution < 1.29 is 9.53 Å². The lowest BCUT2D eigenvalue weighted by Gasteiger charge is -2.35. The lowest BCUT2D eigenvalue weighted by atomic mass is 9.95. The van der Waals surface area contributed by atoms with E-state index in [1.807, 2.05) is 0 Å². The van der Waals surface area contributed by atoms with Crippen molar-refractivity contribution in [1.82, 2.24) is 15.5 Å². The van der Waals surface area contributed by atoms with E-state index in [2.05, 4.69) is 15.5 Å². The maximum atomic E-state index is 12.3. The number of ether oxygens (including phenoxy) is 1. The van der Waals surface area contributed by atoms with E-state index in [-0.39, 0.29) is 11.9 Å². The number of hydrogen-bond acceptors (Lipinski definition) is 4. The van der Waals surface area contributed by atoms with Gasteiger partial charge in [-0.1, -0.05) is 0 Å². The van der Waals surface area contributed by atoms with Crippen LogP contribution >= 0.6 is 0 Å². The van der Waals surface area contributed by atoms with Gasteiger partial charge in [0, 0.05) is 12.6 Å². The van der Waals surface area contributed by atoms with E-state index in [1.165, 1.54) is 25.8 Å². The SMILES string of the molecule is O=C(NC1CC1)C1COCCN1CCC1CCCNC1. The van der Waals surface area contributed by atoms with E-state index in [1.54, 1.807) is 0 Å². The van der Waals surface area contributed by atoms with Gasteiger partial charge in [-0.2, -0.15) is 0 Å². The predicted octanol–water partition coefficient (Wildman–Crippen LogP) is 0.356. The molecule has 2 unspecified atom stereocenters. The van der Waals surface area contributed by atoms with Crippen LogP contribution in [0.25, 0.3) is 0 Å². The first-order chi connectivity index (χ1) is 9.83. The van der Waals surface area contributed by atoms with E-state index >= 15 is 0 Å². The fourth-order valence-electron chi connectivity index (χ4n) is 3.19. The summed E-state index contributed by atoms with van der Waals surface area (Å²) in [6.45, 7) is 5.54. The van der Waals surface area contributed by atoms with Gasteiger partial charge < -0.3 is 15.4 Å². The average molecular weight is 281 g/mol. The van der Waals surface area contributed by atoms with Crippen LogP contribution in [0.2, 0.25) is 0 Å². The molecular formula is C15H27N3O2. The Labute approximate surface area is 121 Å². The van der Waals surface area contributed by atoms with Crippen molar-refractivity contribution in [1.29, 1.82) is 0 Å². The van der Waals surface area contributed by atoms with Gasteiger partial charge in [-0.05, 0) is 57.7 Å². The largest absolute Gasteiger partial charge is 0.378 e. The molecule has 3 aliphatic rings. The summed E-state index contributed by atoms with van der Waals surface area (Å²) in [5.74, 6) is 0.952. The normalized spacial score (nSPS) is 32.0. The molecule has 3 fully saturated rings.